The lowest BCUT2D eigenvalue weighted by Crippen LogP contribution is -2.45. The van der Waals surface area contributed by atoms with Crippen molar-refractivity contribution in [3.63, 3.8) is 0 Å². The van der Waals surface area contributed by atoms with Crippen LogP contribution in [0, 0.1) is 11.8 Å². The molecule has 0 spiro atoms. The molecule has 2 saturated carbocycles. The van der Waals surface area contributed by atoms with E-state index in [0.29, 0.717) is 11.8 Å². The molecule has 2 aliphatic rings. The van der Waals surface area contributed by atoms with Crippen molar-refractivity contribution in [1.82, 2.24) is 5.32 Å². The number of halogens is 3. The molecule has 0 aliphatic heterocycles. The molecule has 3 rings (SSSR count). The van der Waals surface area contributed by atoms with E-state index < -0.39 is 10.0 Å². The number of nitrogens with zero attached hydrogens (tertiary/aromatic N) is 1. The maximum atomic E-state index is 12.4. The van der Waals surface area contributed by atoms with Gasteiger partial charge in [-0.1, -0.05) is 41.2 Å². The Morgan fingerprint density at radius 1 is 1.16 bits per heavy atom. The molecular formula is C16H19Cl3N2O3S. The predicted octanol–water partition coefficient (Wildman–Crippen LogP) is 3.72. The minimum Gasteiger partial charge on any atom is -0.352 e. The number of carbonyl (C=O) groups is 1. The maximum Gasteiger partial charge on any atom is 0.241 e. The second-order valence-electron chi connectivity index (χ2n) is 6.84. The Kier molecular flexibility index (Phi) is 5.45. The number of rotatable bonds is 5. The summed E-state index contributed by atoms with van der Waals surface area (Å²) in [4.78, 5) is 12.4. The van der Waals surface area contributed by atoms with E-state index in [-0.39, 0.29) is 39.2 Å². The van der Waals surface area contributed by atoms with Crippen molar-refractivity contribution in [2.45, 2.75) is 31.7 Å². The highest BCUT2D eigenvalue weighted by Crippen LogP contribution is 2.44. The Labute approximate surface area is 162 Å². The van der Waals surface area contributed by atoms with Gasteiger partial charge in [-0.05, 0) is 43.2 Å². The Bertz CT molecular complexity index is 800. The van der Waals surface area contributed by atoms with Crippen LogP contribution in [-0.2, 0) is 14.8 Å². The van der Waals surface area contributed by atoms with E-state index in [1.807, 2.05) is 0 Å². The van der Waals surface area contributed by atoms with Crippen LogP contribution in [0.4, 0.5) is 5.69 Å². The summed E-state index contributed by atoms with van der Waals surface area (Å²) in [7, 11) is -3.72. The van der Waals surface area contributed by atoms with Crippen LogP contribution >= 0.6 is 34.8 Å². The molecule has 0 saturated heterocycles. The summed E-state index contributed by atoms with van der Waals surface area (Å²) in [6.07, 6.45) is 5.51. The number of sulfonamides is 1. The van der Waals surface area contributed by atoms with Gasteiger partial charge < -0.3 is 5.32 Å². The largest absolute Gasteiger partial charge is 0.352 e. The fourth-order valence-corrected chi connectivity index (χ4v) is 5.44. The molecule has 2 fully saturated rings. The lowest BCUT2D eigenvalue weighted by atomic mass is 9.95. The second-order valence-corrected chi connectivity index (χ2v) is 9.96. The molecular weight excluding hydrogens is 407 g/mol. The zero-order valence-electron chi connectivity index (χ0n) is 13.6. The molecule has 5 nitrogen and oxygen atoms in total. The van der Waals surface area contributed by atoms with Gasteiger partial charge >= 0.3 is 0 Å². The molecule has 1 aromatic rings. The van der Waals surface area contributed by atoms with Crippen LogP contribution in [0.1, 0.15) is 25.7 Å². The molecule has 1 aromatic carbocycles. The molecule has 138 valence electrons. The SMILES string of the molecule is CS(=O)(=O)N(CC(=O)N[C@@H]1C[C@@H]2CC[C@@H]1C2)c1cc(Cl)c(Cl)cc1Cl. The highest BCUT2D eigenvalue weighted by atomic mass is 35.5. The van der Waals surface area contributed by atoms with E-state index in [9.17, 15) is 13.2 Å². The van der Waals surface area contributed by atoms with Crippen molar-refractivity contribution in [1.29, 1.82) is 0 Å². The first-order valence-corrected chi connectivity index (χ1v) is 11.0. The van der Waals surface area contributed by atoms with Gasteiger partial charge in [0.2, 0.25) is 15.9 Å². The second kappa shape index (κ2) is 7.14. The van der Waals surface area contributed by atoms with Gasteiger partial charge in [-0.2, -0.15) is 0 Å². The minimum absolute atomic E-state index is 0.118. The van der Waals surface area contributed by atoms with Crippen molar-refractivity contribution < 1.29 is 13.2 Å². The van der Waals surface area contributed by atoms with Crippen LogP contribution in [0.5, 0.6) is 0 Å². The third-order valence-electron chi connectivity index (χ3n) is 5.03. The lowest BCUT2D eigenvalue weighted by molar-refractivity contribution is -0.120. The monoisotopic (exact) mass is 424 g/mol. The van der Waals surface area contributed by atoms with Gasteiger partial charge in [-0.3, -0.25) is 9.10 Å². The van der Waals surface area contributed by atoms with Crippen LogP contribution in [0.25, 0.3) is 0 Å². The number of hydrogen-bond donors (Lipinski definition) is 1. The fraction of sp³-hybridized carbons (Fsp3) is 0.562. The van der Waals surface area contributed by atoms with E-state index in [1.54, 1.807) is 0 Å². The van der Waals surface area contributed by atoms with Gasteiger partial charge in [0.1, 0.15) is 6.54 Å². The highest BCUT2D eigenvalue weighted by molar-refractivity contribution is 7.92. The summed E-state index contributed by atoms with van der Waals surface area (Å²) in [6.45, 7) is -0.343. The number of fused-ring (bicyclic) bond motifs is 2. The van der Waals surface area contributed by atoms with Gasteiger partial charge in [0.25, 0.3) is 0 Å². The topological polar surface area (TPSA) is 66.5 Å². The average molecular weight is 426 g/mol. The number of anilines is 1. The van der Waals surface area contributed by atoms with Gasteiger partial charge in [0.05, 0.1) is 27.0 Å². The number of nitrogens with one attached hydrogen (secondary N) is 1. The van der Waals surface area contributed by atoms with E-state index in [1.165, 1.54) is 18.6 Å². The van der Waals surface area contributed by atoms with E-state index >= 15 is 0 Å². The van der Waals surface area contributed by atoms with Gasteiger partial charge in [0.15, 0.2) is 0 Å². The van der Waals surface area contributed by atoms with Crippen molar-refractivity contribution >= 4 is 56.4 Å². The molecule has 2 aliphatic carbocycles. The van der Waals surface area contributed by atoms with Gasteiger partial charge in [-0.15, -0.1) is 0 Å². The number of hydrogen-bond acceptors (Lipinski definition) is 3. The zero-order valence-corrected chi connectivity index (χ0v) is 16.7. The lowest BCUT2D eigenvalue weighted by Gasteiger charge is -2.27. The van der Waals surface area contributed by atoms with Crippen molar-refractivity contribution in [2.24, 2.45) is 11.8 Å². The predicted molar refractivity (Wildman–Crippen MR) is 101 cm³/mol. The van der Waals surface area contributed by atoms with Gasteiger partial charge in [-0.25, -0.2) is 8.42 Å². The summed E-state index contributed by atoms with van der Waals surface area (Å²) < 4.78 is 25.3. The molecule has 9 heteroatoms. The molecule has 1 N–H and O–H groups in total. The molecule has 3 atom stereocenters. The zero-order chi connectivity index (χ0) is 18.4. The molecule has 1 amide bonds. The van der Waals surface area contributed by atoms with E-state index in [0.717, 1.165) is 29.8 Å². The third kappa shape index (κ3) is 4.18. The summed E-state index contributed by atoms with van der Waals surface area (Å²) in [5.41, 5.74) is 0.140. The fourth-order valence-electron chi connectivity index (χ4n) is 3.89. The van der Waals surface area contributed by atoms with Crippen molar-refractivity contribution in [3.8, 4) is 0 Å². The van der Waals surface area contributed by atoms with Gasteiger partial charge in [0, 0.05) is 6.04 Å². The maximum absolute atomic E-state index is 12.4. The van der Waals surface area contributed by atoms with Crippen molar-refractivity contribution in [3.05, 3.63) is 27.2 Å². The summed E-state index contributed by atoms with van der Waals surface area (Å²) in [5, 5.41) is 3.49. The Balaban J connectivity index is 1.78. The van der Waals surface area contributed by atoms with Crippen LogP contribution in [0.3, 0.4) is 0 Å². The van der Waals surface area contributed by atoms with Crippen molar-refractivity contribution in [2.75, 3.05) is 17.1 Å². The molecule has 2 bridgehead atoms. The van der Waals surface area contributed by atoms with Crippen LogP contribution in [-0.4, -0.2) is 33.2 Å². The standard InChI is InChI=1S/C16H19Cl3N2O3S/c1-25(23,24)21(15-7-12(18)11(17)6-13(15)19)8-16(22)20-14-5-9-2-3-10(14)4-9/h6-7,9-10,14H,2-5,8H2,1H3,(H,20,22)/t9-,10-,14-/m1/s1. The van der Waals surface area contributed by atoms with E-state index in [2.05, 4.69) is 5.32 Å². The Morgan fingerprint density at radius 3 is 2.40 bits per heavy atom. The van der Waals surface area contributed by atoms with E-state index in [4.69, 9.17) is 34.8 Å². The smallest absolute Gasteiger partial charge is 0.241 e. The molecule has 0 heterocycles. The quantitative estimate of drug-likeness (QED) is 0.731. The molecule has 25 heavy (non-hydrogen) atoms. The Morgan fingerprint density at radius 2 is 1.84 bits per heavy atom. The van der Waals surface area contributed by atoms with Crippen LogP contribution in [0.15, 0.2) is 12.1 Å². The highest BCUT2D eigenvalue weighted by Gasteiger charge is 2.40. The normalized spacial score (nSPS) is 25.2. The van der Waals surface area contributed by atoms with Crippen LogP contribution in [0.2, 0.25) is 15.1 Å². The molecule has 0 radical (unpaired) electrons. The number of amides is 1. The number of carbonyl (C=O) groups excluding carboxylic acids is 1. The molecule has 0 unspecified atom stereocenters. The Hall–Kier alpha value is -0.690. The first-order valence-electron chi connectivity index (χ1n) is 8.06. The average Bonchev–Trinajstić information content (AvgIpc) is 3.10. The summed E-state index contributed by atoms with van der Waals surface area (Å²) >= 11 is 18.0. The van der Waals surface area contributed by atoms with Crippen LogP contribution < -0.4 is 9.62 Å². The summed E-state index contributed by atoms with van der Waals surface area (Å²) in [6, 6.07) is 2.86. The first kappa shape index (κ1) is 19.1. The third-order valence-corrected chi connectivity index (χ3v) is 7.18. The molecule has 0 aromatic heterocycles. The minimum atomic E-state index is -3.72. The summed E-state index contributed by atoms with van der Waals surface area (Å²) in [5.74, 6) is 0.852. The first-order chi connectivity index (χ1) is 11.6. The number of benzene rings is 1.